The van der Waals surface area contributed by atoms with E-state index in [0.29, 0.717) is 17.8 Å². The van der Waals surface area contributed by atoms with Crippen molar-refractivity contribution in [1.29, 1.82) is 0 Å². The molecule has 0 unspecified atom stereocenters. The third-order valence-electron chi connectivity index (χ3n) is 5.35. The van der Waals surface area contributed by atoms with Crippen LogP contribution in [-0.2, 0) is 13.6 Å². The van der Waals surface area contributed by atoms with E-state index in [9.17, 15) is 14.4 Å². The third-order valence-corrected chi connectivity index (χ3v) is 5.35. The molecule has 0 aliphatic carbocycles. The van der Waals surface area contributed by atoms with Gasteiger partial charge in [0.2, 0.25) is 0 Å². The minimum atomic E-state index is -0.455. The highest BCUT2D eigenvalue weighted by molar-refractivity contribution is 5.97. The van der Waals surface area contributed by atoms with E-state index >= 15 is 0 Å². The predicted molar refractivity (Wildman–Crippen MR) is 113 cm³/mol. The molecule has 1 amide bonds. The Balaban J connectivity index is 1.47. The predicted octanol–water partition coefficient (Wildman–Crippen LogP) is -0.301. The van der Waals surface area contributed by atoms with Crippen molar-refractivity contribution in [2.24, 2.45) is 7.05 Å². The average molecular weight is 409 g/mol. The fourth-order valence-electron chi connectivity index (χ4n) is 3.66. The third kappa shape index (κ3) is 3.69. The zero-order valence-electron chi connectivity index (χ0n) is 16.9. The second-order valence-corrected chi connectivity index (χ2v) is 7.25. The molecule has 1 saturated heterocycles. The summed E-state index contributed by atoms with van der Waals surface area (Å²) in [5.41, 5.74) is 2.02. The number of aromatic nitrogens is 4. The number of pyridine rings is 2. The van der Waals surface area contributed by atoms with Gasteiger partial charge < -0.3 is 15.2 Å². The maximum Gasteiger partial charge on any atom is 0.328 e. The average Bonchev–Trinajstić information content (AvgIpc) is 2.77. The molecule has 0 saturated carbocycles. The summed E-state index contributed by atoms with van der Waals surface area (Å²) in [6.45, 7) is 3.77. The summed E-state index contributed by atoms with van der Waals surface area (Å²) >= 11 is 0. The van der Waals surface area contributed by atoms with Crippen LogP contribution in [0.4, 0.5) is 5.69 Å². The number of nitrogens with zero attached hydrogens (tertiary/aromatic N) is 5. The Hall–Kier alpha value is -3.53. The molecule has 0 bridgehead atoms. The van der Waals surface area contributed by atoms with E-state index in [1.807, 2.05) is 18.2 Å². The highest BCUT2D eigenvalue weighted by Gasteiger charge is 2.22. The van der Waals surface area contributed by atoms with Crippen LogP contribution in [0.2, 0.25) is 0 Å². The second kappa shape index (κ2) is 8.07. The van der Waals surface area contributed by atoms with Crippen LogP contribution in [0.1, 0.15) is 16.1 Å². The van der Waals surface area contributed by atoms with Gasteiger partial charge >= 0.3 is 5.69 Å². The van der Waals surface area contributed by atoms with E-state index in [1.165, 1.54) is 7.05 Å². The molecule has 4 heterocycles. The van der Waals surface area contributed by atoms with Gasteiger partial charge in [-0.15, -0.1) is 0 Å². The molecule has 0 atom stereocenters. The lowest BCUT2D eigenvalue weighted by atomic mass is 10.2. The first-order valence-corrected chi connectivity index (χ1v) is 9.70. The molecule has 2 N–H and O–H groups in total. The van der Waals surface area contributed by atoms with E-state index in [4.69, 9.17) is 0 Å². The molecule has 10 heteroatoms. The van der Waals surface area contributed by atoms with Crippen molar-refractivity contribution in [3.63, 3.8) is 0 Å². The highest BCUT2D eigenvalue weighted by atomic mass is 16.2. The smallest absolute Gasteiger partial charge is 0.328 e. The molecule has 1 aliphatic heterocycles. The molecule has 156 valence electrons. The first-order chi connectivity index (χ1) is 14.5. The first-order valence-electron chi connectivity index (χ1n) is 9.70. The Morgan fingerprint density at radius 3 is 2.70 bits per heavy atom. The fourth-order valence-corrected chi connectivity index (χ4v) is 3.66. The second-order valence-electron chi connectivity index (χ2n) is 7.25. The number of carbonyl (C=O) groups is 1. The number of hydrogen-bond acceptors (Lipinski definition) is 7. The molecule has 3 aromatic rings. The number of piperazine rings is 1. The quantitative estimate of drug-likeness (QED) is 0.608. The van der Waals surface area contributed by atoms with Crippen molar-refractivity contribution in [3.05, 3.63) is 62.7 Å². The Bertz CT molecular complexity index is 1210. The van der Waals surface area contributed by atoms with Gasteiger partial charge in [-0.2, -0.15) is 0 Å². The van der Waals surface area contributed by atoms with E-state index < -0.39 is 11.2 Å². The lowest BCUT2D eigenvalue weighted by Crippen LogP contribution is -2.46. The highest BCUT2D eigenvalue weighted by Crippen LogP contribution is 2.21. The molecule has 1 aliphatic rings. The Morgan fingerprint density at radius 1 is 1.20 bits per heavy atom. The topological polar surface area (TPSA) is 116 Å². The van der Waals surface area contributed by atoms with Crippen LogP contribution >= 0.6 is 0 Å². The normalized spacial score (nSPS) is 14.8. The van der Waals surface area contributed by atoms with E-state index in [-0.39, 0.29) is 11.4 Å². The SMILES string of the molecule is CNC(=O)c1ncccc1N1CCN(Cc2cnc3c(=O)n(C)c(=O)[nH]c3c2)CC1. The van der Waals surface area contributed by atoms with Crippen LogP contribution < -0.4 is 21.5 Å². The molecule has 10 nitrogen and oxygen atoms in total. The van der Waals surface area contributed by atoms with Gasteiger partial charge in [-0.3, -0.25) is 19.1 Å². The summed E-state index contributed by atoms with van der Waals surface area (Å²) in [4.78, 5) is 51.7. The van der Waals surface area contributed by atoms with E-state index in [0.717, 1.165) is 42.0 Å². The van der Waals surface area contributed by atoms with Gasteiger partial charge in [0.1, 0.15) is 0 Å². The van der Waals surface area contributed by atoms with E-state index in [2.05, 4.69) is 30.1 Å². The van der Waals surface area contributed by atoms with Gasteiger partial charge in [0.25, 0.3) is 11.5 Å². The Morgan fingerprint density at radius 2 is 1.97 bits per heavy atom. The number of nitrogens with one attached hydrogen (secondary N) is 2. The van der Waals surface area contributed by atoms with Gasteiger partial charge in [0, 0.05) is 59.2 Å². The van der Waals surface area contributed by atoms with Gasteiger partial charge in [-0.1, -0.05) is 0 Å². The fraction of sp³-hybridized carbons (Fsp3) is 0.350. The standard InChI is InChI=1S/C20H23N7O3/c1-21-18(28)17-15(4-3-5-22-17)27-8-6-26(7-9-27)12-13-10-14-16(23-11-13)19(29)25(2)20(30)24-14/h3-5,10-11H,6-9,12H2,1-2H3,(H,21,28)(H,24,30). The molecule has 0 spiro atoms. The lowest BCUT2D eigenvalue weighted by Gasteiger charge is -2.36. The minimum absolute atomic E-state index is 0.199. The molecule has 0 aromatic carbocycles. The number of carbonyl (C=O) groups excluding carboxylic acids is 1. The van der Waals surface area contributed by atoms with Crippen LogP contribution in [-0.4, -0.2) is 63.6 Å². The number of fused-ring (bicyclic) bond motifs is 1. The summed E-state index contributed by atoms with van der Waals surface area (Å²) in [5, 5.41) is 2.63. The van der Waals surface area contributed by atoms with Crippen molar-refractivity contribution < 1.29 is 4.79 Å². The Labute approximate surface area is 172 Å². The van der Waals surface area contributed by atoms with Crippen LogP contribution in [0.15, 0.2) is 40.2 Å². The van der Waals surface area contributed by atoms with Crippen molar-refractivity contribution in [1.82, 2.24) is 29.7 Å². The summed E-state index contributed by atoms with van der Waals surface area (Å²) in [7, 11) is 3.02. The maximum absolute atomic E-state index is 12.1. The number of hydrogen-bond donors (Lipinski definition) is 2. The van der Waals surface area contributed by atoms with Crippen molar-refractivity contribution >= 4 is 22.6 Å². The molecule has 3 aromatic heterocycles. The Kier molecular flexibility index (Phi) is 5.32. The van der Waals surface area contributed by atoms with E-state index in [1.54, 1.807) is 19.4 Å². The van der Waals surface area contributed by atoms with Crippen molar-refractivity contribution in [2.45, 2.75) is 6.54 Å². The van der Waals surface area contributed by atoms with Crippen LogP contribution in [0.5, 0.6) is 0 Å². The van der Waals surface area contributed by atoms with Gasteiger partial charge in [-0.05, 0) is 23.8 Å². The molecular weight excluding hydrogens is 386 g/mol. The molecule has 30 heavy (non-hydrogen) atoms. The van der Waals surface area contributed by atoms with Crippen LogP contribution in [0, 0.1) is 0 Å². The van der Waals surface area contributed by atoms with Gasteiger partial charge in [-0.25, -0.2) is 14.8 Å². The van der Waals surface area contributed by atoms with Crippen molar-refractivity contribution in [2.75, 3.05) is 38.1 Å². The maximum atomic E-state index is 12.1. The van der Waals surface area contributed by atoms with Crippen LogP contribution in [0.25, 0.3) is 11.0 Å². The minimum Gasteiger partial charge on any atom is -0.367 e. The van der Waals surface area contributed by atoms with Crippen molar-refractivity contribution in [3.8, 4) is 0 Å². The number of aromatic amines is 1. The molecule has 4 rings (SSSR count). The zero-order chi connectivity index (χ0) is 21.3. The summed E-state index contributed by atoms with van der Waals surface area (Å²) in [6.07, 6.45) is 3.30. The zero-order valence-corrected chi connectivity index (χ0v) is 16.9. The van der Waals surface area contributed by atoms with Crippen LogP contribution in [0.3, 0.4) is 0 Å². The monoisotopic (exact) mass is 409 g/mol. The van der Waals surface area contributed by atoms with Gasteiger partial charge in [0.05, 0.1) is 11.2 Å². The summed E-state index contributed by atoms with van der Waals surface area (Å²) in [5.74, 6) is -0.199. The number of H-pyrrole nitrogens is 1. The van der Waals surface area contributed by atoms with Gasteiger partial charge in [0.15, 0.2) is 11.2 Å². The molecule has 0 radical (unpaired) electrons. The lowest BCUT2D eigenvalue weighted by molar-refractivity contribution is 0.0958. The summed E-state index contributed by atoms with van der Waals surface area (Å²) in [6, 6.07) is 5.56. The largest absolute Gasteiger partial charge is 0.367 e. The number of anilines is 1. The molecule has 1 fully saturated rings. The first kappa shape index (κ1) is 19.8. The number of rotatable bonds is 4. The summed E-state index contributed by atoms with van der Waals surface area (Å²) < 4.78 is 1.01. The number of amides is 1. The molecular formula is C20H23N7O3.